The molecular formula is C8H9NOS. The molecule has 0 saturated heterocycles. The fourth-order valence-corrected chi connectivity index (χ4v) is 2.38. The van der Waals surface area contributed by atoms with Gasteiger partial charge in [-0.1, -0.05) is 0 Å². The van der Waals surface area contributed by atoms with Crippen LogP contribution in [0.1, 0.15) is 22.0 Å². The zero-order valence-electron chi connectivity index (χ0n) is 6.39. The number of aryl methyl sites for hydroxylation is 2. The summed E-state index contributed by atoms with van der Waals surface area (Å²) in [5.74, 6) is 0.362. The minimum absolute atomic E-state index is 0.362. The molecule has 11 heavy (non-hydrogen) atoms. The van der Waals surface area contributed by atoms with E-state index >= 15 is 0 Å². The van der Waals surface area contributed by atoms with Crippen molar-refractivity contribution in [2.45, 2.75) is 26.2 Å². The molecule has 3 heteroatoms. The van der Waals surface area contributed by atoms with Crippen molar-refractivity contribution >= 4 is 17.1 Å². The Morgan fingerprint density at radius 3 is 3.09 bits per heavy atom. The van der Waals surface area contributed by atoms with Gasteiger partial charge in [-0.2, -0.15) is 0 Å². The number of carbonyl (C=O) groups excluding carboxylic acids is 1. The first-order valence-corrected chi connectivity index (χ1v) is 4.54. The number of hydrogen-bond acceptors (Lipinski definition) is 3. The molecule has 0 fully saturated rings. The Kier molecular flexibility index (Phi) is 1.53. The first-order chi connectivity index (χ1) is 5.25. The van der Waals surface area contributed by atoms with Gasteiger partial charge >= 0.3 is 0 Å². The molecule has 0 atom stereocenters. The van der Waals surface area contributed by atoms with Crippen molar-refractivity contribution in [2.75, 3.05) is 0 Å². The van der Waals surface area contributed by atoms with Gasteiger partial charge in [0.05, 0.1) is 10.7 Å². The summed E-state index contributed by atoms with van der Waals surface area (Å²) in [4.78, 5) is 16.6. The Hall–Kier alpha value is -0.700. The molecule has 0 bridgehead atoms. The first-order valence-electron chi connectivity index (χ1n) is 3.72. The van der Waals surface area contributed by atoms with E-state index in [1.54, 1.807) is 11.3 Å². The maximum absolute atomic E-state index is 11.0. The van der Waals surface area contributed by atoms with E-state index in [9.17, 15) is 4.79 Å². The van der Waals surface area contributed by atoms with Crippen molar-refractivity contribution in [2.24, 2.45) is 0 Å². The lowest BCUT2D eigenvalue weighted by Gasteiger charge is -2.06. The van der Waals surface area contributed by atoms with Crippen LogP contribution in [-0.4, -0.2) is 10.8 Å². The van der Waals surface area contributed by atoms with Gasteiger partial charge in [0.15, 0.2) is 0 Å². The highest BCUT2D eigenvalue weighted by Gasteiger charge is 2.18. The maximum atomic E-state index is 11.0. The number of ketones is 1. The minimum atomic E-state index is 0.362. The molecule has 2 rings (SSSR count). The number of aromatic nitrogens is 1. The van der Waals surface area contributed by atoms with E-state index in [0.717, 1.165) is 17.1 Å². The topological polar surface area (TPSA) is 30.0 Å². The van der Waals surface area contributed by atoms with Crippen molar-refractivity contribution in [3.8, 4) is 0 Å². The van der Waals surface area contributed by atoms with Crippen molar-refractivity contribution in [3.63, 3.8) is 0 Å². The number of carbonyl (C=O) groups is 1. The van der Waals surface area contributed by atoms with Crippen molar-refractivity contribution in [1.29, 1.82) is 0 Å². The summed E-state index contributed by atoms with van der Waals surface area (Å²) >= 11 is 1.66. The Bertz CT molecular complexity index is 303. The summed E-state index contributed by atoms with van der Waals surface area (Å²) in [7, 11) is 0. The van der Waals surface area contributed by atoms with Crippen molar-refractivity contribution in [1.82, 2.24) is 4.98 Å². The van der Waals surface area contributed by atoms with Gasteiger partial charge in [-0.25, -0.2) is 4.98 Å². The molecule has 1 heterocycles. The van der Waals surface area contributed by atoms with E-state index in [0.29, 0.717) is 18.6 Å². The monoisotopic (exact) mass is 167 g/mol. The van der Waals surface area contributed by atoms with Gasteiger partial charge in [-0.15, -0.1) is 11.3 Å². The van der Waals surface area contributed by atoms with Gasteiger partial charge in [-0.3, -0.25) is 4.79 Å². The van der Waals surface area contributed by atoms with Crippen LogP contribution in [0.3, 0.4) is 0 Å². The van der Waals surface area contributed by atoms with E-state index in [1.165, 1.54) is 4.88 Å². The van der Waals surface area contributed by atoms with E-state index in [-0.39, 0.29) is 0 Å². The van der Waals surface area contributed by atoms with Gasteiger partial charge in [0.1, 0.15) is 5.78 Å². The Morgan fingerprint density at radius 1 is 1.45 bits per heavy atom. The van der Waals surface area contributed by atoms with Crippen LogP contribution in [0.2, 0.25) is 0 Å². The normalized spacial score (nSPS) is 16.6. The minimum Gasteiger partial charge on any atom is -0.299 e. The molecule has 0 amide bonds. The smallest absolute Gasteiger partial charge is 0.138 e. The van der Waals surface area contributed by atoms with E-state index in [1.807, 2.05) is 6.92 Å². The molecule has 2 nitrogen and oxygen atoms in total. The van der Waals surface area contributed by atoms with Gasteiger partial charge in [0.2, 0.25) is 0 Å². The number of hydrogen-bond donors (Lipinski definition) is 0. The number of rotatable bonds is 0. The van der Waals surface area contributed by atoms with Crippen LogP contribution in [-0.2, 0) is 17.6 Å². The van der Waals surface area contributed by atoms with E-state index < -0.39 is 0 Å². The second-order valence-corrected chi connectivity index (χ2v) is 4.11. The summed E-state index contributed by atoms with van der Waals surface area (Å²) in [6.45, 7) is 1.99. The summed E-state index contributed by atoms with van der Waals surface area (Å²) in [5, 5.41) is 1.09. The molecule has 0 aliphatic heterocycles. The molecule has 0 radical (unpaired) electrons. The number of thiazole rings is 1. The number of fused-ring (bicyclic) bond motifs is 1. The largest absolute Gasteiger partial charge is 0.299 e. The standard InChI is InChI=1S/C8H9NOS/c1-5-9-7-3-2-6(10)4-8(7)11-5/h2-4H2,1H3. The van der Waals surface area contributed by atoms with Crippen LogP contribution >= 0.6 is 11.3 Å². The molecule has 1 aromatic heterocycles. The Morgan fingerprint density at radius 2 is 2.27 bits per heavy atom. The Labute approximate surface area is 69.3 Å². The molecule has 1 aliphatic rings. The molecule has 0 spiro atoms. The lowest BCUT2D eigenvalue weighted by Crippen LogP contribution is -2.11. The quantitative estimate of drug-likeness (QED) is 0.586. The highest BCUT2D eigenvalue weighted by molar-refractivity contribution is 7.11. The van der Waals surface area contributed by atoms with Gasteiger partial charge in [0, 0.05) is 17.7 Å². The fraction of sp³-hybridized carbons (Fsp3) is 0.500. The van der Waals surface area contributed by atoms with Gasteiger partial charge < -0.3 is 0 Å². The number of nitrogens with zero attached hydrogens (tertiary/aromatic N) is 1. The lowest BCUT2D eigenvalue weighted by atomic mass is 10.0. The first kappa shape index (κ1) is 6.98. The third-order valence-corrected chi connectivity index (χ3v) is 2.90. The second kappa shape index (κ2) is 2.41. The van der Waals surface area contributed by atoms with Crippen molar-refractivity contribution < 1.29 is 4.79 Å². The fourth-order valence-electron chi connectivity index (χ4n) is 1.37. The third kappa shape index (κ3) is 1.20. The molecule has 1 aliphatic carbocycles. The number of Topliss-reactive ketones (excluding diaryl/α,β-unsaturated/α-hetero) is 1. The summed E-state index contributed by atoms with van der Waals surface area (Å²) in [5.41, 5.74) is 1.16. The molecular weight excluding hydrogens is 158 g/mol. The second-order valence-electron chi connectivity index (χ2n) is 2.82. The highest BCUT2D eigenvalue weighted by Crippen LogP contribution is 2.24. The summed E-state index contributed by atoms with van der Waals surface area (Å²) in [6, 6.07) is 0. The SMILES string of the molecule is Cc1nc2c(s1)CC(=O)CC2. The van der Waals surface area contributed by atoms with Crippen LogP contribution in [0.4, 0.5) is 0 Å². The molecule has 58 valence electrons. The predicted molar refractivity (Wildman–Crippen MR) is 43.9 cm³/mol. The van der Waals surface area contributed by atoms with Crippen LogP contribution in [0.5, 0.6) is 0 Å². The van der Waals surface area contributed by atoms with E-state index in [2.05, 4.69) is 4.98 Å². The van der Waals surface area contributed by atoms with Crippen molar-refractivity contribution in [3.05, 3.63) is 15.6 Å². The van der Waals surface area contributed by atoms with Crippen LogP contribution in [0.15, 0.2) is 0 Å². The molecule has 1 aromatic rings. The van der Waals surface area contributed by atoms with Crippen LogP contribution in [0, 0.1) is 6.92 Å². The molecule has 0 unspecified atom stereocenters. The van der Waals surface area contributed by atoms with Gasteiger partial charge in [0.25, 0.3) is 0 Å². The summed E-state index contributed by atoms with van der Waals surface area (Å²) < 4.78 is 0. The summed E-state index contributed by atoms with van der Waals surface area (Å²) in [6.07, 6.45) is 2.18. The zero-order chi connectivity index (χ0) is 7.84. The predicted octanol–water partition coefficient (Wildman–Crippen LogP) is 1.51. The molecule has 0 saturated carbocycles. The zero-order valence-corrected chi connectivity index (χ0v) is 7.20. The lowest BCUT2D eigenvalue weighted by molar-refractivity contribution is -0.118. The average molecular weight is 167 g/mol. The Balaban J connectivity index is 2.41. The highest BCUT2D eigenvalue weighted by atomic mass is 32.1. The van der Waals surface area contributed by atoms with Gasteiger partial charge in [-0.05, 0) is 13.3 Å². The average Bonchev–Trinajstić information content (AvgIpc) is 2.27. The third-order valence-electron chi connectivity index (χ3n) is 1.88. The van der Waals surface area contributed by atoms with Crippen LogP contribution < -0.4 is 0 Å². The van der Waals surface area contributed by atoms with Crippen LogP contribution in [0.25, 0.3) is 0 Å². The molecule has 0 aromatic carbocycles. The molecule has 0 N–H and O–H groups in total. The van der Waals surface area contributed by atoms with E-state index in [4.69, 9.17) is 0 Å². The maximum Gasteiger partial charge on any atom is 0.138 e.